The highest BCUT2D eigenvalue weighted by Crippen LogP contribution is 2.24. The molecule has 0 aromatic heterocycles. The lowest BCUT2D eigenvalue weighted by Gasteiger charge is -2.09. The van der Waals surface area contributed by atoms with Gasteiger partial charge in [0.15, 0.2) is 0 Å². The molecule has 3 nitrogen and oxygen atoms in total. The minimum Gasteiger partial charge on any atom is -0.379 e. The van der Waals surface area contributed by atoms with Crippen molar-refractivity contribution in [2.75, 3.05) is 0 Å². The van der Waals surface area contributed by atoms with Crippen molar-refractivity contribution in [2.24, 2.45) is 0 Å². The molecule has 0 fully saturated rings. The van der Waals surface area contributed by atoms with E-state index >= 15 is 0 Å². The van der Waals surface area contributed by atoms with E-state index in [0.717, 1.165) is 16.7 Å². The van der Waals surface area contributed by atoms with Gasteiger partial charge in [-0.05, 0) is 67.8 Å². The SMILES string of the molecule is Cc1ccc(S(=O)(=O)Oc2ccc(Cl)c(C)c2)cc1C. The number of hydrogen-bond donors (Lipinski definition) is 0. The molecule has 0 amide bonds. The summed E-state index contributed by atoms with van der Waals surface area (Å²) in [6.45, 7) is 5.58. The fraction of sp³-hybridized carbons (Fsp3) is 0.200. The van der Waals surface area contributed by atoms with Gasteiger partial charge in [0.2, 0.25) is 0 Å². The Morgan fingerprint density at radius 3 is 2.20 bits per heavy atom. The summed E-state index contributed by atoms with van der Waals surface area (Å²) in [5.74, 6) is 0.255. The summed E-state index contributed by atoms with van der Waals surface area (Å²) < 4.78 is 29.5. The number of halogens is 1. The molecule has 0 saturated heterocycles. The summed E-state index contributed by atoms with van der Waals surface area (Å²) in [5.41, 5.74) is 2.70. The van der Waals surface area contributed by atoms with Crippen LogP contribution in [0.5, 0.6) is 5.75 Å². The fourth-order valence-corrected chi connectivity index (χ4v) is 2.84. The largest absolute Gasteiger partial charge is 0.379 e. The minimum atomic E-state index is -3.83. The molecule has 2 rings (SSSR count). The first-order valence-corrected chi connectivity index (χ1v) is 7.86. The van der Waals surface area contributed by atoms with E-state index in [1.165, 1.54) is 6.07 Å². The average molecular weight is 311 g/mol. The molecule has 0 spiro atoms. The van der Waals surface area contributed by atoms with Crippen molar-refractivity contribution in [3.63, 3.8) is 0 Å². The number of aryl methyl sites for hydroxylation is 3. The van der Waals surface area contributed by atoms with Crippen LogP contribution in [0.4, 0.5) is 0 Å². The maximum atomic E-state index is 12.2. The van der Waals surface area contributed by atoms with Gasteiger partial charge >= 0.3 is 10.1 Å². The van der Waals surface area contributed by atoms with Crippen molar-refractivity contribution in [3.05, 3.63) is 58.1 Å². The number of benzene rings is 2. The van der Waals surface area contributed by atoms with Crippen molar-refractivity contribution in [1.29, 1.82) is 0 Å². The Balaban J connectivity index is 2.35. The molecule has 0 aliphatic rings. The van der Waals surface area contributed by atoms with Crippen LogP contribution < -0.4 is 4.18 Å². The van der Waals surface area contributed by atoms with Gasteiger partial charge in [0.1, 0.15) is 10.6 Å². The summed E-state index contributed by atoms with van der Waals surface area (Å²) in [6, 6.07) is 9.66. The second kappa shape index (κ2) is 5.46. The molecular weight excluding hydrogens is 296 g/mol. The normalized spacial score (nSPS) is 11.4. The van der Waals surface area contributed by atoms with Gasteiger partial charge in [0.05, 0.1) is 0 Å². The van der Waals surface area contributed by atoms with E-state index in [2.05, 4.69) is 0 Å². The quantitative estimate of drug-likeness (QED) is 0.804. The first-order valence-electron chi connectivity index (χ1n) is 6.07. The van der Waals surface area contributed by atoms with Gasteiger partial charge in [-0.2, -0.15) is 8.42 Å². The van der Waals surface area contributed by atoms with E-state index in [1.807, 2.05) is 13.8 Å². The highest BCUT2D eigenvalue weighted by Gasteiger charge is 2.17. The lowest BCUT2D eigenvalue weighted by atomic mass is 10.1. The Labute approximate surface area is 124 Å². The molecule has 2 aromatic rings. The van der Waals surface area contributed by atoms with Crippen molar-refractivity contribution >= 4 is 21.7 Å². The molecule has 0 unspecified atom stereocenters. The number of rotatable bonds is 3. The van der Waals surface area contributed by atoms with Crippen molar-refractivity contribution in [1.82, 2.24) is 0 Å². The molecule has 0 N–H and O–H groups in total. The monoisotopic (exact) mass is 310 g/mol. The minimum absolute atomic E-state index is 0.146. The highest BCUT2D eigenvalue weighted by molar-refractivity contribution is 7.87. The maximum Gasteiger partial charge on any atom is 0.339 e. The molecule has 0 saturated carbocycles. The Morgan fingerprint density at radius 1 is 0.900 bits per heavy atom. The molecule has 2 aromatic carbocycles. The van der Waals surface area contributed by atoms with Gasteiger partial charge in [-0.15, -0.1) is 0 Å². The van der Waals surface area contributed by atoms with Crippen LogP contribution in [0.3, 0.4) is 0 Å². The fourth-order valence-electron chi connectivity index (χ4n) is 1.71. The van der Waals surface area contributed by atoms with E-state index in [1.54, 1.807) is 37.3 Å². The van der Waals surface area contributed by atoms with Crippen LogP contribution in [0.15, 0.2) is 41.3 Å². The Morgan fingerprint density at radius 2 is 1.60 bits per heavy atom. The zero-order valence-electron chi connectivity index (χ0n) is 11.5. The third-order valence-electron chi connectivity index (χ3n) is 3.10. The van der Waals surface area contributed by atoms with E-state index in [4.69, 9.17) is 15.8 Å². The third-order valence-corrected chi connectivity index (χ3v) is 4.77. The first-order chi connectivity index (χ1) is 9.29. The Kier molecular flexibility index (Phi) is 4.06. The second-order valence-electron chi connectivity index (χ2n) is 4.69. The highest BCUT2D eigenvalue weighted by atomic mass is 35.5. The standard InChI is InChI=1S/C15H15ClO3S/c1-10-4-6-14(9-11(10)2)20(17,18)19-13-5-7-15(16)12(3)8-13/h4-9H,1-3H3. The van der Waals surface area contributed by atoms with E-state index in [9.17, 15) is 8.42 Å². The predicted molar refractivity (Wildman–Crippen MR) is 79.9 cm³/mol. The maximum absolute atomic E-state index is 12.2. The van der Waals surface area contributed by atoms with Crippen molar-refractivity contribution < 1.29 is 12.6 Å². The lowest BCUT2D eigenvalue weighted by Crippen LogP contribution is -2.10. The smallest absolute Gasteiger partial charge is 0.339 e. The molecule has 5 heteroatoms. The van der Waals surface area contributed by atoms with Crippen LogP contribution in [0.2, 0.25) is 5.02 Å². The van der Waals surface area contributed by atoms with Crippen LogP contribution in [0.25, 0.3) is 0 Å². The van der Waals surface area contributed by atoms with Crippen LogP contribution in [-0.4, -0.2) is 8.42 Å². The summed E-state index contributed by atoms with van der Waals surface area (Å²) in [5, 5.41) is 0.570. The molecular formula is C15H15ClO3S. The molecule has 20 heavy (non-hydrogen) atoms. The van der Waals surface area contributed by atoms with Crippen molar-refractivity contribution in [2.45, 2.75) is 25.7 Å². The molecule has 0 heterocycles. The van der Waals surface area contributed by atoms with Gasteiger partial charge in [-0.1, -0.05) is 17.7 Å². The zero-order chi connectivity index (χ0) is 14.9. The van der Waals surface area contributed by atoms with E-state index in [-0.39, 0.29) is 10.6 Å². The summed E-state index contributed by atoms with van der Waals surface area (Å²) >= 11 is 5.90. The van der Waals surface area contributed by atoms with Crippen molar-refractivity contribution in [3.8, 4) is 5.75 Å². The Bertz CT molecular complexity index is 752. The molecule has 0 atom stereocenters. The van der Waals surface area contributed by atoms with E-state index in [0.29, 0.717) is 5.02 Å². The number of hydrogen-bond acceptors (Lipinski definition) is 3. The third kappa shape index (κ3) is 3.14. The van der Waals surface area contributed by atoms with Crippen LogP contribution in [0, 0.1) is 20.8 Å². The van der Waals surface area contributed by atoms with Crippen LogP contribution in [0.1, 0.15) is 16.7 Å². The summed E-state index contributed by atoms with van der Waals surface area (Å²) in [4.78, 5) is 0.146. The summed E-state index contributed by atoms with van der Waals surface area (Å²) in [6.07, 6.45) is 0. The van der Waals surface area contributed by atoms with Crippen LogP contribution in [-0.2, 0) is 10.1 Å². The van der Waals surface area contributed by atoms with E-state index < -0.39 is 10.1 Å². The molecule has 0 radical (unpaired) electrons. The zero-order valence-corrected chi connectivity index (χ0v) is 13.0. The molecule has 0 aliphatic heterocycles. The van der Waals surface area contributed by atoms with Gasteiger partial charge in [-0.25, -0.2) is 0 Å². The molecule has 0 bridgehead atoms. The average Bonchev–Trinajstić information content (AvgIpc) is 2.37. The first kappa shape index (κ1) is 14.9. The second-order valence-corrected chi connectivity index (χ2v) is 6.65. The van der Waals surface area contributed by atoms with Gasteiger partial charge in [0, 0.05) is 5.02 Å². The van der Waals surface area contributed by atoms with Gasteiger partial charge in [-0.3, -0.25) is 0 Å². The Hall–Kier alpha value is -1.52. The topological polar surface area (TPSA) is 43.4 Å². The predicted octanol–water partition coefficient (Wildman–Crippen LogP) is 4.03. The molecule has 0 aliphatic carbocycles. The van der Waals surface area contributed by atoms with Crippen LogP contribution >= 0.6 is 11.6 Å². The lowest BCUT2D eigenvalue weighted by molar-refractivity contribution is 0.486. The molecule has 106 valence electrons. The summed E-state index contributed by atoms with van der Waals surface area (Å²) in [7, 11) is -3.83. The van der Waals surface area contributed by atoms with Gasteiger partial charge < -0.3 is 4.18 Å². The van der Waals surface area contributed by atoms with Gasteiger partial charge in [0.25, 0.3) is 0 Å².